The van der Waals surface area contributed by atoms with E-state index < -0.39 is 0 Å². The lowest BCUT2D eigenvalue weighted by molar-refractivity contribution is -0.129. The summed E-state index contributed by atoms with van der Waals surface area (Å²) in [7, 11) is 1.67. The molecule has 0 bridgehead atoms. The molecule has 0 spiro atoms. The van der Waals surface area contributed by atoms with Crippen LogP contribution in [0.1, 0.15) is 48.9 Å². The van der Waals surface area contributed by atoms with Crippen LogP contribution in [-0.2, 0) is 11.3 Å². The molecular formula is C29H34N4O2. The van der Waals surface area contributed by atoms with Crippen LogP contribution in [0.3, 0.4) is 0 Å². The molecule has 6 heteroatoms. The van der Waals surface area contributed by atoms with Gasteiger partial charge in [-0.1, -0.05) is 24.3 Å². The minimum Gasteiger partial charge on any atom is -0.495 e. The molecule has 2 aliphatic rings. The number of hydrogen-bond donors (Lipinski definition) is 0. The van der Waals surface area contributed by atoms with Gasteiger partial charge in [0.15, 0.2) is 0 Å². The van der Waals surface area contributed by atoms with Gasteiger partial charge in [-0.2, -0.15) is 0 Å². The minimum absolute atomic E-state index is 0.137. The van der Waals surface area contributed by atoms with Crippen molar-refractivity contribution in [3.05, 3.63) is 77.4 Å². The number of aromatic nitrogens is 2. The number of hydrogen-bond acceptors (Lipinski definition) is 4. The van der Waals surface area contributed by atoms with Gasteiger partial charge in [-0.15, -0.1) is 0 Å². The Balaban J connectivity index is 1.36. The Labute approximate surface area is 207 Å². The number of para-hydroxylation sites is 1. The van der Waals surface area contributed by atoms with Gasteiger partial charge in [0.25, 0.3) is 0 Å². The van der Waals surface area contributed by atoms with E-state index in [1.54, 1.807) is 13.4 Å². The number of anilines is 1. The Hall–Kier alpha value is -3.54. The Morgan fingerprint density at radius 3 is 2.60 bits per heavy atom. The maximum Gasteiger partial charge on any atom is 0.250 e. The number of imidazole rings is 1. The molecule has 0 saturated carbocycles. The summed E-state index contributed by atoms with van der Waals surface area (Å²) < 4.78 is 7.62. The summed E-state index contributed by atoms with van der Waals surface area (Å²) in [5, 5.41) is 0. The van der Waals surface area contributed by atoms with Crippen LogP contribution in [0.25, 0.3) is 11.8 Å². The van der Waals surface area contributed by atoms with Gasteiger partial charge in [0.05, 0.1) is 24.8 Å². The highest BCUT2D eigenvalue weighted by molar-refractivity contribution is 5.98. The number of carbonyl (C=O) groups is 1. The molecule has 0 aliphatic carbocycles. The second-order valence-corrected chi connectivity index (χ2v) is 9.53. The van der Waals surface area contributed by atoms with Crippen molar-refractivity contribution in [3.63, 3.8) is 0 Å². The smallest absolute Gasteiger partial charge is 0.250 e. The number of aryl methyl sites for hydroxylation is 1. The first-order valence-corrected chi connectivity index (χ1v) is 12.6. The van der Waals surface area contributed by atoms with Gasteiger partial charge in [-0.25, -0.2) is 4.98 Å². The Morgan fingerprint density at radius 2 is 1.83 bits per heavy atom. The molecule has 0 unspecified atom stereocenters. The molecule has 2 aliphatic heterocycles. The lowest BCUT2D eigenvalue weighted by Gasteiger charge is -2.33. The van der Waals surface area contributed by atoms with Crippen molar-refractivity contribution in [2.24, 2.45) is 0 Å². The maximum atomic E-state index is 13.5. The van der Waals surface area contributed by atoms with Crippen LogP contribution in [0.2, 0.25) is 0 Å². The summed E-state index contributed by atoms with van der Waals surface area (Å²) in [5.41, 5.74) is 6.24. The average molecular weight is 471 g/mol. The van der Waals surface area contributed by atoms with Gasteiger partial charge in [-0.05, 0) is 74.4 Å². The van der Waals surface area contributed by atoms with E-state index in [0.717, 1.165) is 60.7 Å². The highest BCUT2D eigenvalue weighted by Gasteiger charge is 2.25. The molecule has 3 aromatic rings. The monoisotopic (exact) mass is 470 g/mol. The predicted molar refractivity (Wildman–Crippen MR) is 140 cm³/mol. The summed E-state index contributed by atoms with van der Waals surface area (Å²) in [5.74, 6) is 0.894. The molecule has 5 rings (SSSR count). The normalized spacial score (nSPS) is 17.8. The second-order valence-electron chi connectivity index (χ2n) is 9.53. The van der Waals surface area contributed by atoms with Gasteiger partial charge >= 0.3 is 0 Å². The number of rotatable bonds is 6. The SMILES string of the molecule is COc1cc(C=C2CCCN(Cc3ccccc3N3CCCCC3)C2=O)ccc1-n1cnc(C)c1. The Kier molecular flexibility index (Phi) is 6.89. The first kappa shape index (κ1) is 23.2. The number of amides is 1. The Bertz CT molecular complexity index is 1220. The van der Waals surface area contributed by atoms with Crippen molar-refractivity contribution < 1.29 is 9.53 Å². The molecule has 6 nitrogen and oxygen atoms in total. The van der Waals surface area contributed by atoms with Crippen molar-refractivity contribution in [1.29, 1.82) is 0 Å². The van der Waals surface area contributed by atoms with E-state index in [0.29, 0.717) is 6.54 Å². The van der Waals surface area contributed by atoms with E-state index in [9.17, 15) is 4.79 Å². The Morgan fingerprint density at radius 1 is 1.00 bits per heavy atom. The van der Waals surface area contributed by atoms with Crippen molar-refractivity contribution in [2.75, 3.05) is 31.6 Å². The number of carbonyl (C=O) groups excluding carboxylic acids is 1. The van der Waals surface area contributed by atoms with E-state index in [2.05, 4.69) is 34.1 Å². The number of likely N-dealkylation sites (tertiary alicyclic amines) is 1. The van der Waals surface area contributed by atoms with Crippen LogP contribution in [-0.4, -0.2) is 47.1 Å². The fourth-order valence-corrected chi connectivity index (χ4v) is 5.20. The van der Waals surface area contributed by atoms with Crippen LogP contribution in [0.5, 0.6) is 5.75 Å². The van der Waals surface area contributed by atoms with Crippen LogP contribution in [0.4, 0.5) is 5.69 Å². The summed E-state index contributed by atoms with van der Waals surface area (Å²) in [6.07, 6.45) is 11.4. The van der Waals surface area contributed by atoms with Gasteiger partial charge in [-0.3, -0.25) is 4.79 Å². The van der Waals surface area contributed by atoms with Gasteiger partial charge < -0.3 is 19.1 Å². The molecule has 2 fully saturated rings. The van der Waals surface area contributed by atoms with Crippen LogP contribution in [0.15, 0.2) is 60.6 Å². The van der Waals surface area contributed by atoms with Crippen LogP contribution >= 0.6 is 0 Å². The first-order valence-electron chi connectivity index (χ1n) is 12.6. The maximum absolute atomic E-state index is 13.5. The minimum atomic E-state index is 0.137. The highest BCUT2D eigenvalue weighted by Crippen LogP contribution is 2.30. The second kappa shape index (κ2) is 10.4. The molecule has 1 amide bonds. The zero-order valence-electron chi connectivity index (χ0n) is 20.7. The summed E-state index contributed by atoms with van der Waals surface area (Å²) in [6.45, 7) is 5.63. The van der Waals surface area contributed by atoms with Crippen LogP contribution < -0.4 is 9.64 Å². The van der Waals surface area contributed by atoms with Crippen LogP contribution in [0, 0.1) is 6.92 Å². The zero-order valence-corrected chi connectivity index (χ0v) is 20.7. The van der Waals surface area contributed by atoms with Gasteiger partial charge in [0.1, 0.15) is 5.75 Å². The molecule has 2 aromatic carbocycles. The molecule has 3 heterocycles. The summed E-state index contributed by atoms with van der Waals surface area (Å²) in [4.78, 5) is 22.3. The highest BCUT2D eigenvalue weighted by atomic mass is 16.5. The topological polar surface area (TPSA) is 50.6 Å². The largest absolute Gasteiger partial charge is 0.495 e. The van der Waals surface area contributed by atoms with Crippen molar-refractivity contribution in [3.8, 4) is 11.4 Å². The third-order valence-electron chi connectivity index (χ3n) is 7.02. The number of ether oxygens (including phenoxy) is 1. The van der Waals surface area contributed by atoms with Crippen molar-refractivity contribution in [2.45, 2.75) is 45.6 Å². The van der Waals surface area contributed by atoms with Gasteiger partial charge in [0, 0.05) is 43.6 Å². The van der Waals surface area contributed by atoms with E-state index in [-0.39, 0.29) is 5.91 Å². The number of nitrogens with zero attached hydrogens (tertiary/aromatic N) is 4. The standard InChI is InChI=1S/C29H34N4O2/c1-22-19-33(21-30-22)27-13-12-23(18-28(27)35-2)17-24-10-8-16-32(29(24)34)20-25-9-4-5-11-26(25)31-14-6-3-7-15-31/h4-5,9,11-13,17-19,21H,3,6-8,10,14-16,20H2,1-2H3. The summed E-state index contributed by atoms with van der Waals surface area (Å²) in [6, 6.07) is 14.6. The molecule has 0 atom stereocenters. The lowest BCUT2D eigenvalue weighted by atomic mass is 9.99. The molecule has 1 aromatic heterocycles. The molecule has 0 radical (unpaired) electrons. The van der Waals surface area contributed by atoms with E-state index in [4.69, 9.17) is 4.74 Å². The molecule has 182 valence electrons. The number of methoxy groups -OCH3 is 1. The van der Waals surface area contributed by atoms with E-state index >= 15 is 0 Å². The summed E-state index contributed by atoms with van der Waals surface area (Å²) >= 11 is 0. The fourth-order valence-electron chi connectivity index (χ4n) is 5.20. The number of piperidine rings is 2. The predicted octanol–water partition coefficient (Wildman–Crippen LogP) is 5.39. The number of benzene rings is 2. The zero-order chi connectivity index (χ0) is 24.2. The average Bonchev–Trinajstić information content (AvgIpc) is 3.33. The third-order valence-corrected chi connectivity index (χ3v) is 7.02. The molecule has 2 saturated heterocycles. The molecule has 35 heavy (non-hydrogen) atoms. The van der Waals surface area contributed by atoms with E-state index in [1.807, 2.05) is 46.9 Å². The molecular weight excluding hydrogens is 436 g/mol. The quantitative estimate of drug-likeness (QED) is 0.454. The van der Waals surface area contributed by atoms with E-state index in [1.165, 1.54) is 30.5 Å². The van der Waals surface area contributed by atoms with Crippen molar-refractivity contribution in [1.82, 2.24) is 14.5 Å². The fraction of sp³-hybridized carbons (Fsp3) is 0.379. The van der Waals surface area contributed by atoms with Crippen molar-refractivity contribution >= 4 is 17.7 Å². The third kappa shape index (κ3) is 5.11. The first-order chi connectivity index (χ1) is 17.1. The molecule has 0 N–H and O–H groups in total. The lowest BCUT2D eigenvalue weighted by Crippen LogP contribution is -2.37. The van der Waals surface area contributed by atoms with Gasteiger partial charge in [0.2, 0.25) is 5.91 Å².